The zero-order chi connectivity index (χ0) is 18.0. The molecule has 0 bridgehead atoms. The highest BCUT2D eigenvalue weighted by Crippen LogP contribution is 2.24. The van der Waals surface area contributed by atoms with Crippen LogP contribution < -0.4 is 4.90 Å². The van der Waals surface area contributed by atoms with Crippen LogP contribution in [-0.2, 0) is 13.6 Å². The predicted molar refractivity (Wildman–Crippen MR) is 85.4 cm³/mol. The van der Waals surface area contributed by atoms with Crippen molar-refractivity contribution >= 4 is 17.3 Å². The minimum absolute atomic E-state index is 0.0248. The number of carbonyl (C=O) groups is 1. The summed E-state index contributed by atoms with van der Waals surface area (Å²) in [7, 11) is 1.48. The Bertz CT molecular complexity index is 921. The number of aryl methyl sites for hydroxylation is 1. The van der Waals surface area contributed by atoms with Crippen LogP contribution >= 0.6 is 0 Å². The summed E-state index contributed by atoms with van der Waals surface area (Å²) in [6, 6.07) is 5.37. The predicted octanol–water partition coefficient (Wildman–Crippen LogP) is 2.04. The number of benzene rings is 1. The second-order valence-electron chi connectivity index (χ2n) is 5.20. The van der Waals surface area contributed by atoms with Gasteiger partial charge in [-0.15, -0.1) is 0 Å². The molecule has 0 atom stereocenters. The summed E-state index contributed by atoms with van der Waals surface area (Å²) in [6.45, 7) is -0.0248. The minimum Gasteiger partial charge on any atom is -0.347 e. The summed E-state index contributed by atoms with van der Waals surface area (Å²) in [6.07, 6.45) is 4.23. The largest absolute Gasteiger partial charge is 0.347 e. The first-order valence-corrected chi connectivity index (χ1v) is 7.19. The smallest absolute Gasteiger partial charge is 0.320 e. The molecule has 25 heavy (non-hydrogen) atoms. The van der Waals surface area contributed by atoms with Gasteiger partial charge in [-0.1, -0.05) is 6.07 Å². The van der Waals surface area contributed by atoms with Gasteiger partial charge >= 0.3 is 5.69 Å². The molecule has 0 aliphatic heterocycles. The van der Waals surface area contributed by atoms with Gasteiger partial charge < -0.3 is 4.98 Å². The van der Waals surface area contributed by atoms with Crippen LogP contribution in [0.2, 0.25) is 0 Å². The molecule has 9 nitrogen and oxygen atoms in total. The molecule has 10 heteroatoms. The van der Waals surface area contributed by atoms with Crippen molar-refractivity contribution in [1.82, 2.24) is 19.7 Å². The van der Waals surface area contributed by atoms with Gasteiger partial charge in [0.05, 0.1) is 11.5 Å². The number of hydrogen-bond acceptors (Lipinski definition) is 5. The number of nitrogens with one attached hydrogen (secondary N) is 1. The Labute approximate surface area is 140 Å². The van der Waals surface area contributed by atoms with Crippen molar-refractivity contribution in [3.05, 3.63) is 70.3 Å². The number of aromatic nitrogens is 4. The molecule has 2 aromatic heterocycles. The maximum Gasteiger partial charge on any atom is 0.320 e. The van der Waals surface area contributed by atoms with Crippen molar-refractivity contribution in [2.45, 2.75) is 6.54 Å². The molecule has 0 spiro atoms. The number of carbonyl (C=O) groups excluding carboxylic acids is 1. The van der Waals surface area contributed by atoms with Crippen molar-refractivity contribution < 1.29 is 14.1 Å². The SMILES string of the molecule is Cn1cc([N+](=O)[O-])c(C(=O)N(Cc2ncc[nH]2)c2cccc(F)c2)n1. The van der Waals surface area contributed by atoms with E-state index in [-0.39, 0.29) is 17.9 Å². The molecule has 0 fully saturated rings. The second-order valence-corrected chi connectivity index (χ2v) is 5.20. The van der Waals surface area contributed by atoms with E-state index in [1.165, 1.54) is 41.0 Å². The van der Waals surface area contributed by atoms with Crippen LogP contribution in [0.15, 0.2) is 42.9 Å². The summed E-state index contributed by atoms with van der Waals surface area (Å²) in [5, 5.41) is 15.1. The molecule has 0 aliphatic carbocycles. The van der Waals surface area contributed by atoms with Crippen LogP contribution in [0, 0.1) is 15.9 Å². The van der Waals surface area contributed by atoms with E-state index in [0.29, 0.717) is 5.82 Å². The monoisotopic (exact) mass is 344 g/mol. The third kappa shape index (κ3) is 3.37. The molecule has 3 aromatic rings. The highest BCUT2D eigenvalue weighted by molar-refractivity contribution is 6.07. The van der Waals surface area contributed by atoms with Crippen LogP contribution in [-0.4, -0.2) is 30.6 Å². The lowest BCUT2D eigenvalue weighted by atomic mass is 10.2. The summed E-state index contributed by atoms with van der Waals surface area (Å²) < 4.78 is 14.8. The third-order valence-electron chi connectivity index (χ3n) is 3.44. The van der Waals surface area contributed by atoms with Gasteiger partial charge in [0.2, 0.25) is 5.69 Å². The van der Waals surface area contributed by atoms with Crippen molar-refractivity contribution in [3.8, 4) is 0 Å². The van der Waals surface area contributed by atoms with E-state index in [1.807, 2.05) is 0 Å². The lowest BCUT2D eigenvalue weighted by molar-refractivity contribution is -0.385. The molecular formula is C15H13FN6O3. The van der Waals surface area contributed by atoms with Gasteiger partial charge in [0, 0.05) is 25.1 Å². The molecule has 0 saturated heterocycles. The number of nitro groups is 1. The molecule has 1 N–H and O–H groups in total. The van der Waals surface area contributed by atoms with Gasteiger partial charge in [-0.2, -0.15) is 5.10 Å². The van der Waals surface area contributed by atoms with Crippen LogP contribution in [0.1, 0.15) is 16.3 Å². The number of halogens is 1. The zero-order valence-electron chi connectivity index (χ0n) is 13.1. The van der Waals surface area contributed by atoms with E-state index in [4.69, 9.17) is 0 Å². The van der Waals surface area contributed by atoms with E-state index in [2.05, 4.69) is 15.1 Å². The zero-order valence-corrected chi connectivity index (χ0v) is 13.1. The first kappa shape index (κ1) is 16.3. The van der Waals surface area contributed by atoms with Gasteiger partial charge in [0.25, 0.3) is 5.91 Å². The molecule has 0 saturated carbocycles. The topological polar surface area (TPSA) is 110 Å². The number of H-pyrrole nitrogens is 1. The Kier molecular flexibility index (Phi) is 4.25. The summed E-state index contributed by atoms with van der Waals surface area (Å²) in [5.41, 5.74) is -0.516. The second kappa shape index (κ2) is 6.51. The first-order chi connectivity index (χ1) is 12.0. The maximum atomic E-state index is 13.6. The molecule has 3 rings (SSSR count). The number of nitrogens with zero attached hydrogens (tertiary/aromatic N) is 5. The Hall–Kier alpha value is -3.56. The van der Waals surface area contributed by atoms with Crippen LogP contribution in [0.25, 0.3) is 0 Å². The third-order valence-corrected chi connectivity index (χ3v) is 3.44. The van der Waals surface area contributed by atoms with E-state index >= 15 is 0 Å². The number of amides is 1. The highest BCUT2D eigenvalue weighted by atomic mass is 19.1. The van der Waals surface area contributed by atoms with Crippen molar-refractivity contribution in [2.24, 2.45) is 7.05 Å². The van der Waals surface area contributed by atoms with Gasteiger partial charge in [-0.3, -0.25) is 24.5 Å². The molecule has 0 aliphatic rings. The van der Waals surface area contributed by atoms with Crippen LogP contribution in [0.5, 0.6) is 0 Å². The minimum atomic E-state index is -0.727. The average Bonchev–Trinajstić information content (AvgIpc) is 3.21. The van der Waals surface area contributed by atoms with E-state index in [9.17, 15) is 19.3 Å². The summed E-state index contributed by atoms with van der Waals surface area (Å²) in [4.78, 5) is 31.5. The lowest BCUT2D eigenvalue weighted by Crippen LogP contribution is -2.32. The number of hydrogen-bond donors (Lipinski definition) is 1. The molecule has 2 heterocycles. The van der Waals surface area contributed by atoms with Crippen molar-refractivity contribution in [3.63, 3.8) is 0 Å². The summed E-state index contributed by atoms with van der Waals surface area (Å²) >= 11 is 0. The van der Waals surface area contributed by atoms with Gasteiger partial charge in [-0.05, 0) is 18.2 Å². The molecule has 1 amide bonds. The molecular weight excluding hydrogens is 331 g/mol. The maximum absolute atomic E-state index is 13.6. The van der Waals surface area contributed by atoms with Crippen molar-refractivity contribution in [1.29, 1.82) is 0 Å². The van der Waals surface area contributed by atoms with Crippen molar-refractivity contribution in [2.75, 3.05) is 4.90 Å². The Morgan fingerprint density at radius 1 is 1.48 bits per heavy atom. The number of anilines is 1. The fraction of sp³-hybridized carbons (Fsp3) is 0.133. The fourth-order valence-electron chi connectivity index (χ4n) is 2.35. The Morgan fingerprint density at radius 3 is 2.92 bits per heavy atom. The van der Waals surface area contributed by atoms with Crippen LogP contribution in [0.4, 0.5) is 15.8 Å². The quantitative estimate of drug-likeness (QED) is 0.562. The van der Waals surface area contributed by atoms with E-state index in [0.717, 1.165) is 12.3 Å². The Morgan fingerprint density at radius 2 is 2.28 bits per heavy atom. The van der Waals surface area contributed by atoms with E-state index < -0.39 is 22.3 Å². The van der Waals surface area contributed by atoms with Gasteiger partial charge in [0.1, 0.15) is 17.8 Å². The van der Waals surface area contributed by atoms with E-state index in [1.54, 1.807) is 6.20 Å². The van der Waals surface area contributed by atoms with Crippen LogP contribution in [0.3, 0.4) is 0 Å². The molecule has 128 valence electrons. The van der Waals surface area contributed by atoms with Gasteiger partial charge in [-0.25, -0.2) is 9.37 Å². The summed E-state index contributed by atoms with van der Waals surface area (Å²) in [5.74, 6) is -0.823. The number of aromatic amines is 1. The average molecular weight is 344 g/mol. The number of imidazole rings is 1. The van der Waals surface area contributed by atoms with Gasteiger partial charge in [0.15, 0.2) is 0 Å². The number of rotatable bonds is 5. The lowest BCUT2D eigenvalue weighted by Gasteiger charge is -2.20. The first-order valence-electron chi connectivity index (χ1n) is 7.19. The molecule has 0 radical (unpaired) electrons. The molecule has 0 unspecified atom stereocenters. The Balaban J connectivity index is 2.05. The normalized spacial score (nSPS) is 10.6. The molecule has 1 aromatic carbocycles. The standard InChI is InChI=1S/C15H13FN6O3/c1-20-8-12(22(24)25)14(19-20)15(23)21(9-13-17-5-6-18-13)11-4-2-3-10(16)7-11/h2-8H,9H2,1H3,(H,17,18). The fourth-order valence-corrected chi connectivity index (χ4v) is 2.35. The highest BCUT2D eigenvalue weighted by Gasteiger charge is 2.30.